The maximum atomic E-state index is 13.2. The van der Waals surface area contributed by atoms with E-state index in [0.717, 1.165) is 0 Å². The van der Waals surface area contributed by atoms with E-state index in [4.69, 9.17) is 9.47 Å². The number of carbonyl (C=O) groups is 2. The van der Waals surface area contributed by atoms with Crippen LogP contribution in [0.2, 0.25) is 0 Å². The predicted octanol–water partition coefficient (Wildman–Crippen LogP) is 6.54. The monoisotopic (exact) mass is 492 g/mol. The molecule has 1 atom stereocenters. The Morgan fingerprint density at radius 2 is 1.15 bits per heavy atom. The number of hydrogen-bond acceptors (Lipinski definition) is 4. The Morgan fingerprint density at radius 3 is 1.45 bits per heavy atom. The first kappa shape index (κ1) is 33.4. The third-order valence-corrected chi connectivity index (χ3v) is 3.69. The van der Waals surface area contributed by atoms with Crippen molar-refractivity contribution in [3.05, 3.63) is 0 Å². The molecule has 0 aliphatic heterocycles. The first-order valence-corrected chi connectivity index (χ1v) is 10.8. The fraction of sp³-hybridized carbons (Fsp3) is 0.909. The normalized spacial score (nSPS) is 13.7. The van der Waals surface area contributed by atoms with Gasteiger partial charge in [0, 0.05) is 13.0 Å². The van der Waals surface area contributed by atoms with Crippen LogP contribution in [0.3, 0.4) is 0 Å². The van der Waals surface area contributed by atoms with Gasteiger partial charge in [0.25, 0.3) is 5.92 Å². The van der Waals surface area contributed by atoms with Crippen LogP contribution in [-0.4, -0.2) is 48.6 Å². The smallest absolute Gasteiger partial charge is 0.407 e. The van der Waals surface area contributed by atoms with Gasteiger partial charge in [0.1, 0.15) is 11.2 Å². The number of alkyl halides is 5. The minimum absolute atomic E-state index is 0.115. The first-order chi connectivity index (χ1) is 14.4. The largest absolute Gasteiger partial charge is 0.444 e. The molecule has 0 heterocycles. The van der Waals surface area contributed by atoms with Crippen molar-refractivity contribution in [1.82, 2.24) is 10.6 Å². The summed E-state index contributed by atoms with van der Waals surface area (Å²) in [5.74, 6) is -5.15. The summed E-state index contributed by atoms with van der Waals surface area (Å²) in [6, 6.07) is 0. The van der Waals surface area contributed by atoms with Crippen molar-refractivity contribution in [3.8, 4) is 0 Å². The van der Waals surface area contributed by atoms with E-state index < -0.39 is 60.4 Å². The first-order valence-electron chi connectivity index (χ1n) is 10.8. The molecule has 0 radical (unpaired) electrons. The topological polar surface area (TPSA) is 76.7 Å². The molecular formula is C22H41F5N2O4. The van der Waals surface area contributed by atoms with Gasteiger partial charge < -0.3 is 20.1 Å². The number of rotatable bonds is 7. The molecule has 0 bridgehead atoms. The summed E-state index contributed by atoms with van der Waals surface area (Å²) in [7, 11) is 0. The summed E-state index contributed by atoms with van der Waals surface area (Å²) >= 11 is 0. The predicted molar refractivity (Wildman–Crippen MR) is 117 cm³/mol. The van der Waals surface area contributed by atoms with Gasteiger partial charge in [-0.25, -0.2) is 18.4 Å². The molecule has 0 aromatic rings. The number of amides is 2. The minimum Gasteiger partial charge on any atom is -0.444 e. The van der Waals surface area contributed by atoms with Gasteiger partial charge in [0.05, 0.1) is 12.5 Å². The Labute approximate surface area is 194 Å². The van der Waals surface area contributed by atoms with Crippen LogP contribution >= 0.6 is 0 Å². The highest BCUT2D eigenvalue weighted by Gasteiger charge is 2.41. The maximum Gasteiger partial charge on any atom is 0.407 e. The molecule has 0 aromatic heterocycles. The molecule has 0 spiro atoms. The summed E-state index contributed by atoms with van der Waals surface area (Å²) in [4.78, 5) is 22.3. The summed E-state index contributed by atoms with van der Waals surface area (Å²) in [5.41, 5.74) is -1.38. The van der Waals surface area contributed by atoms with Crippen molar-refractivity contribution in [3.63, 3.8) is 0 Å². The number of ether oxygens (including phenoxy) is 2. The van der Waals surface area contributed by atoms with Crippen LogP contribution in [0.5, 0.6) is 0 Å². The van der Waals surface area contributed by atoms with Crippen molar-refractivity contribution in [2.75, 3.05) is 13.1 Å². The Balaban J connectivity index is 0. The lowest BCUT2D eigenvalue weighted by molar-refractivity contribution is -0.183. The second kappa shape index (κ2) is 13.2. The van der Waals surface area contributed by atoms with Crippen LogP contribution in [0, 0.1) is 17.8 Å². The van der Waals surface area contributed by atoms with Gasteiger partial charge in [-0.1, -0.05) is 27.7 Å². The lowest BCUT2D eigenvalue weighted by atomic mass is 9.95. The molecule has 33 heavy (non-hydrogen) atoms. The quantitative estimate of drug-likeness (QED) is 0.396. The van der Waals surface area contributed by atoms with E-state index in [9.17, 15) is 31.5 Å². The van der Waals surface area contributed by atoms with Crippen molar-refractivity contribution in [1.29, 1.82) is 0 Å². The summed E-state index contributed by atoms with van der Waals surface area (Å²) in [6.07, 6.45) is -6.20. The number of alkyl carbamates (subject to hydrolysis) is 2. The van der Waals surface area contributed by atoms with E-state index in [1.165, 1.54) is 13.8 Å². The molecule has 198 valence electrons. The highest BCUT2D eigenvalue weighted by molar-refractivity contribution is 5.68. The third-order valence-electron chi connectivity index (χ3n) is 3.69. The molecular weight excluding hydrogens is 451 g/mol. The fourth-order valence-electron chi connectivity index (χ4n) is 2.42. The Kier molecular flexibility index (Phi) is 13.3. The molecule has 1 unspecified atom stereocenters. The summed E-state index contributed by atoms with van der Waals surface area (Å²) < 4.78 is 73.8. The zero-order valence-corrected chi connectivity index (χ0v) is 21.4. The molecule has 0 aliphatic carbocycles. The molecule has 0 saturated carbocycles. The lowest BCUT2D eigenvalue weighted by Crippen LogP contribution is -2.41. The fourth-order valence-corrected chi connectivity index (χ4v) is 2.42. The minimum atomic E-state index is -4.32. The van der Waals surface area contributed by atoms with Crippen molar-refractivity contribution < 1.29 is 41.0 Å². The van der Waals surface area contributed by atoms with Crippen LogP contribution in [0.25, 0.3) is 0 Å². The molecule has 2 N–H and O–H groups in total. The summed E-state index contributed by atoms with van der Waals surface area (Å²) in [6.45, 7) is 15.2. The van der Waals surface area contributed by atoms with Gasteiger partial charge in [-0.15, -0.1) is 0 Å². The SMILES string of the molecule is CC(C)C(CNC(=O)OC(C)(C)C)C(F)(F)F.CC(C)CC(F)(F)CNC(=O)OC(C)(C)C. The van der Waals surface area contributed by atoms with E-state index in [2.05, 4.69) is 10.6 Å². The highest BCUT2D eigenvalue weighted by atomic mass is 19.4. The average Bonchev–Trinajstić information content (AvgIpc) is 2.47. The van der Waals surface area contributed by atoms with Gasteiger partial charge in [-0.2, -0.15) is 13.2 Å². The average molecular weight is 493 g/mol. The second-order valence-corrected chi connectivity index (χ2v) is 10.6. The molecule has 0 fully saturated rings. The molecule has 0 aliphatic rings. The molecule has 6 nitrogen and oxygen atoms in total. The zero-order valence-electron chi connectivity index (χ0n) is 21.4. The molecule has 11 heteroatoms. The zero-order chi connectivity index (χ0) is 26.8. The summed E-state index contributed by atoms with van der Waals surface area (Å²) in [5, 5.41) is 4.22. The number of hydrogen-bond donors (Lipinski definition) is 2. The lowest BCUT2D eigenvalue weighted by Gasteiger charge is -2.25. The van der Waals surface area contributed by atoms with Gasteiger partial charge in [-0.3, -0.25) is 0 Å². The number of nitrogens with one attached hydrogen (secondary N) is 2. The van der Waals surface area contributed by atoms with Gasteiger partial charge in [0.15, 0.2) is 0 Å². The van der Waals surface area contributed by atoms with Crippen molar-refractivity contribution in [2.24, 2.45) is 17.8 Å². The van der Waals surface area contributed by atoms with Crippen LogP contribution in [-0.2, 0) is 9.47 Å². The highest BCUT2D eigenvalue weighted by Crippen LogP contribution is 2.31. The van der Waals surface area contributed by atoms with Gasteiger partial charge in [-0.05, 0) is 53.4 Å². The molecule has 0 saturated heterocycles. The molecule has 2 amide bonds. The van der Waals surface area contributed by atoms with Crippen LogP contribution < -0.4 is 10.6 Å². The van der Waals surface area contributed by atoms with E-state index in [1.807, 2.05) is 0 Å². The number of carbonyl (C=O) groups excluding carboxylic acids is 2. The standard InChI is InChI=1S/C11H20F3NO2.C11H21F2NO2/c1-7(2)8(11(12,13)14)6-15-9(16)17-10(3,4)5;1-8(2)6-11(12,13)7-14-9(15)16-10(3,4)5/h7-8H,6H2,1-5H3,(H,15,16);8H,6-7H2,1-5H3,(H,14,15). The Morgan fingerprint density at radius 1 is 0.758 bits per heavy atom. The van der Waals surface area contributed by atoms with Gasteiger partial charge in [0.2, 0.25) is 0 Å². The Bertz CT molecular complexity index is 595. The Hall–Kier alpha value is -1.81. The van der Waals surface area contributed by atoms with Crippen molar-refractivity contribution >= 4 is 12.2 Å². The van der Waals surface area contributed by atoms with E-state index in [1.54, 1.807) is 55.4 Å². The van der Waals surface area contributed by atoms with E-state index in [0.29, 0.717) is 0 Å². The van der Waals surface area contributed by atoms with Crippen molar-refractivity contribution in [2.45, 2.75) is 99.0 Å². The van der Waals surface area contributed by atoms with Crippen LogP contribution in [0.1, 0.15) is 75.7 Å². The van der Waals surface area contributed by atoms with Crippen LogP contribution in [0.4, 0.5) is 31.5 Å². The molecule has 0 aromatic carbocycles. The third kappa shape index (κ3) is 20.5. The second-order valence-electron chi connectivity index (χ2n) is 10.6. The molecule has 0 rings (SSSR count). The van der Waals surface area contributed by atoms with Crippen LogP contribution in [0.15, 0.2) is 0 Å². The van der Waals surface area contributed by atoms with Gasteiger partial charge >= 0.3 is 18.4 Å². The number of halogens is 5. The maximum absolute atomic E-state index is 13.2. The van der Waals surface area contributed by atoms with E-state index >= 15 is 0 Å². The van der Waals surface area contributed by atoms with E-state index in [-0.39, 0.29) is 12.3 Å².